The summed E-state index contributed by atoms with van der Waals surface area (Å²) in [6.07, 6.45) is 1.52. The monoisotopic (exact) mass is 270 g/mol. The van der Waals surface area contributed by atoms with Gasteiger partial charge in [-0.05, 0) is 18.7 Å². The Morgan fingerprint density at radius 2 is 1.94 bits per heavy atom. The van der Waals surface area contributed by atoms with Crippen LogP contribution in [0.5, 0.6) is 0 Å². The lowest BCUT2D eigenvalue weighted by Crippen LogP contribution is -2.47. The number of pyridine rings is 1. The molecule has 100 valence electrons. The van der Waals surface area contributed by atoms with E-state index < -0.39 is 10.0 Å². The number of sulfonamides is 1. The molecule has 7 heteroatoms. The van der Waals surface area contributed by atoms with Crippen molar-refractivity contribution in [3.8, 4) is 0 Å². The Bertz CT molecular complexity index is 492. The van der Waals surface area contributed by atoms with Gasteiger partial charge in [-0.25, -0.2) is 13.4 Å². The Labute approximate surface area is 107 Å². The molecule has 0 aromatic carbocycles. The van der Waals surface area contributed by atoms with E-state index in [1.165, 1.54) is 16.6 Å². The van der Waals surface area contributed by atoms with Gasteiger partial charge in [0.05, 0.1) is 0 Å². The third-order valence-corrected chi connectivity index (χ3v) is 4.91. The van der Waals surface area contributed by atoms with Crippen LogP contribution in [-0.4, -0.2) is 55.8 Å². The van der Waals surface area contributed by atoms with E-state index in [4.69, 9.17) is 5.73 Å². The van der Waals surface area contributed by atoms with E-state index in [0.29, 0.717) is 19.6 Å². The minimum atomic E-state index is -3.46. The Morgan fingerprint density at radius 3 is 2.44 bits per heavy atom. The van der Waals surface area contributed by atoms with Gasteiger partial charge in [-0.2, -0.15) is 4.31 Å². The minimum Gasteiger partial charge on any atom is -0.326 e. The molecular formula is C11H18N4O2S. The fraction of sp³-hybridized carbons (Fsp3) is 0.545. The van der Waals surface area contributed by atoms with Crippen LogP contribution < -0.4 is 5.73 Å². The second kappa shape index (κ2) is 5.31. The summed E-state index contributed by atoms with van der Waals surface area (Å²) >= 11 is 0. The first kappa shape index (κ1) is 13.4. The fourth-order valence-corrected chi connectivity index (χ4v) is 3.18. The van der Waals surface area contributed by atoms with Crippen LogP contribution in [0, 0.1) is 0 Å². The maximum Gasteiger partial charge on any atom is 0.260 e. The van der Waals surface area contributed by atoms with Gasteiger partial charge >= 0.3 is 0 Å². The second-order valence-electron chi connectivity index (χ2n) is 4.42. The summed E-state index contributed by atoms with van der Waals surface area (Å²) < 4.78 is 26.1. The Kier molecular flexibility index (Phi) is 3.96. The highest BCUT2D eigenvalue weighted by atomic mass is 32.2. The van der Waals surface area contributed by atoms with Crippen LogP contribution in [0.3, 0.4) is 0 Å². The van der Waals surface area contributed by atoms with Gasteiger partial charge in [-0.1, -0.05) is 6.07 Å². The summed E-state index contributed by atoms with van der Waals surface area (Å²) in [5.41, 5.74) is 6.29. The smallest absolute Gasteiger partial charge is 0.260 e. The molecule has 2 rings (SSSR count). The summed E-state index contributed by atoms with van der Waals surface area (Å²) in [7, 11) is -1.47. The van der Waals surface area contributed by atoms with E-state index in [1.807, 2.05) is 7.05 Å². The van der Waals surface area contributed by atoms with Crippen molar-refractivity contribution < 1.29 is 8.42 Å². The molecule has 0 radical (unpaired) electrons. The molecule has 1 aliphatic heterocycles. The standard InChI is InChI=1S/C11H18N4O2S/c1-14-4-6-15(7-5-14)18(16,17)11-3-2-10(8-12)9-13-11/h2-3,9H,4-8,12H2,1H3. The highest BCUT2D eigenvalue weighted by Gasteiger charge is 2.28. The predicted octanol–water partition coefficient (Wildman–Crippen LogP) is -0.524. The molecule has 0 unspecified atom stereocenters. The molecule has 0 amide bonds. The molecule has 2 heterocycles. The molecule has 1 aromatic heterocycles. The molecule has 1 fully saturated rings. The molecule has 0 atom stereocenters. The summed E-state index contributed by atoms with van der Waals surface area (Å²) in [5.74, 6) is 0. The second-order valence-corrected chi connectivity index (χ2v) is 6.30. The lowest BCUT2D eigenvalue weighted by atomic mass is 10.3. The number of aromatic nitrogens is 1. The molecule has 2 N–H and O–H groups in total. The number of rotatable bonds is 3. The van der Waals surface area contributed by atoms with Crippen molar-refractivity contribution in [3.05, 3.63) is 23.9 Å². The van der Waals surface area contributed by atoms with Crippen molar-refractivity contribution in [2.45, 2.75) is 11.6 Å². The molecular weight excluding hydrogens is 252 g/mol. The summed E-state index contributed by atoms with van der Waals surface area (Å²) in [6.45, 7) is 2.89. The average Bonchev–Trinajstić information content (AvgIpc) is 2.39. The van der Waals surface area contributed by atoms with Gasteiger partial charge in [0.15, 0.2) is 5.03 Å². The maximum atomic E-state index is 12.3. The van der Waals surface area contributed by atoms with Crippen molar-refractivity contribution in [3.63, 3.8) is 0 Å². The molecule has 0 spiro atoms. The zero-order valence-corrected chi connectivity index (χ0v) is 11.2. The van der Waals surface area contributed by atoms with Gasteiger partial charge in [-0.3, -0.25) is 0 Å². The quantitative estimate of drug-likeness (QED) is 0.799. The number of nitrogens with two attached hydrogens (primary N) is 1. The van der Waals surface area contributed by atoms with Crippen LogP contribution in [0.4, 0.5) is 0 Å². The number of hydrogen-bond donors (Lipinski definition) is 1. The molecule has 0 bridgehead atoms. The topological polar surface area (TPSA) is 79.5 Å². The summed E-state index contributed by atoms with van der Waals surface area (Å²) in [4.78, 5) is 6.10. The van der Waals surface area contributed by atoms with E-state index in [0.717, 1.165) is 18.7 Å². The largest absolute Gasteiger partial charge is 0.326 e. The van der Waals surface area contributed by atoms with Crippen LogP contribution in [0.15, 0.2) is 23.4 Å². The van der Waals surface area contributed by atoms with Crippen LogP contribution in [-0.2, 0) is 16.6 Å². The summed E-state index contributed by atoms with van der Waals surface area (Å²) in [5, 5.41) is 0.101. The number of hydrogen-bond acceptors (Lipinski definition) is 5. The number of piperazine rings is 1. The minimum absolute atomic E-state index is 0.101. The van der Waals surface area contributed by atoms with E-state index in [-0.39, 0.29) is 5.03 Å². The Morgan fingerprint density at radius 1 is 1.28 bits per heavy atom. The molecule has 1 aromatic rings. The van der Waals surface area contributed by atoms with Crippen molar-refractivity contribution in [2.24, 2.45) is 5.73 Å². The van der Waals surface area contributed by atoms with Crippen LogP contribution in [0.1, 0.15) is 5.56 Å². The van der Waals surface area contributed by atoms with E-state index in [2.05, 4.69) is 9.88 Å². The maximum absolute atomic E-state index is 12.3. The predicted molar refractivity (Wildman–Crippen MR) is 68.4 cm³/mol. The van der Waals surface area contributed by atoms with Crippen molar-refractivity contribution in [1.29, 1.82) is 0 Å². The SMILES string of the molecule is CN1CCN(S(=O)(=O)c2ccc(CN)cn2)CC1. The fourth-order valence-electron chi connectivity index (χ4n) is 1.84. The highest BCUT2D eigenvalue weighted by molar-refractivity contribution is 7.89. The molecule has 1 aliphatic rings. The zero-order valence-electron chi connectivity index (χ0n) is 10.4. The summed E-state index contributed by atoms with van der Waals surface area (Å²) in [6, 6.07) is 3.23. The first-order valence-corrected chi connectivity index (χ1v) is 7.32. The zero-order chi connectivity index (χ0) is 13.2. The molecule has 0 aliphatic carbocycles. The third-order valence-electron chi connectivity index (χ3n) is 3.10. The van der Waals surface area contributed by atoms with Gasteiger partial charge in [0.1, 0.15) is 0 Å². The van der Waals surface area contributed by atoms with E-state index in [9.17, 15) is 8.42 Å². The number of nitrogens with zero attached hydrogens (tertiary/aromatic N) is 3. The molecule has 18 heavy (non-hydrogen) atoms. The van der Waals surface area contributed by atoms with E-state index >= 15 is 0 Å². The van der Waals surface area contributed by atoms with Gasteiger partial charge in [0, 0.05) is 38.9 Å². The van der Waals surface area contributed by atoms with Gasteiger partial charge in [0.2, 0.25) is 0 Å². The van der Waals surface area contributed by atoms with Crippen molar-refractivity contribution >= 4 is 10.0 Å². The van der Waals surface area contributed by atoms with Gasteiger partial charge in [0.25, 0.3) is 10.0 Å². The van der Waals surface area contributed by atoms with Gasteiger partial charge < -0.3 is 10.6 Å². The van der Waals surface area contributed by atoms with Crippen molar-refractivity contribution in [2.75, 3.05) is 33.2 Å². The normalized spacial score (nSPS) is 19.0. The lowest BCUT2D eigenvalue weighted by molar-refractivity contribution is 0.222. The van der Waals surface area contributed by atoms with Crippen molar-refractivity contribution in [1.82, 2.24) is 14.2 Å². The highest BCUT2D eigenvalue weighted by Crippen LogP contribution is 2.15. The van der Waals surface area contributed by atoms with Gasteiger partial charge in [-0.15, -0.1) is 0 Å². The first-order chi connectivity index (χ1) is 8.54. The Balaban J connectivity index is 2.19. The number of likely N-dealkylation sites (N-methyl/N-ethyl adjacent to an activating group) is 1. The lowest BCUT2D eigenvalue weighted by Gasteiger charge is -2.31. The van der Waals surface area contributed by atoms with E-state index in [1.54, 1.807) is 6.07 Å². The Hall–Kier alpha value is -1.02. The first-order valence-electron chi connectivity index (χ1n) is 5.88. The average molecular weight is 270 g/mol. The molecule has 6 nitrogen and oxygen atoms in total. The van der Waals surface area contributed by atoms with Crippen LogP contribution >= 0.6 is 0 Å². The van der Waals surface area contributed by atoms with Crippen LogP contribution in [0.25, 0.3) is 0 Å². The molecule has 0 saturated carbocycles. The van der Waals surface area contributed by atoms with Crippen LogP contribution in [0.2, 0.25) is 0 Å². The third kappa shape index (κ3) is 2.69. The molecule has 1 saturated heterocycles.